The zero-order valence-electron chi connectivity index (χ0n) is 22.2. The Labute approximate surface area is 232 Å². The Morgan fingerprint density at radius 1 is 0.925 bits per heavy atom. The highest BCUT2D eigenvalue weighted by Crippen LogP contribution is 2.40. The van der Waals surface area contributed by atoms with Crippen molar-refractivity contribution in [3.63, 3.8) is 0 Å². The highest BCUT2D eigenvalue weighted by Gasteiger charge is 2.32. The lowest BCUT2D eigenvalue weighted by atomic mass is 10.1. The third kappa shape index (κ3) is 7.66. The number of ether oxygens (including phenoxy) is 3. The molecule has 210 valence electrons. The Bertz CT molecular complexity index is 1320. The van der Waals surface area contributed by atoms with E-state index < -0.39 is 23.9 Å². The molecule has 1 aliphatic rings. The number of carbonyl (C=O) groups is 3. The van der Waals surface area contributed by atoms with E-state index in [0.29, 0.717) is 55.3 Å². The molecule has 1 atom stereocenters. The SMILES string of the molecule is Cc1ccc(OCCCOc2ccc(C(=O)Nc3cccc4c3OC(C(=O)O)CN4CCCC(=O)O)cc2)cc1. The van der Waals surface area contributed by atoms with Crippen molar-refractivity contribution in [1.29, 1.82) is 0 Å². The summed E-state index contributed by atoms with van der Waals surface area (Å²) in [5.74, 6) is -0.799. The number of anilines is 2. The van der Waals surface area contributed by atoms with Gasteiger partial charge >= 0.3 is 11.9 Å². The zero-order valence-corrected chi connectivity index (χ0v) is 22.2. The van der Waals surface area contributed by atoms with Gasteiger partial charge in [-0.05, 0) is 61.9 Å². The fraction of sp³-hybridized carbons (Fsp3) is 0.300. The summed E-state index contributed by atoms with van der Waals surface area (Å²) >= 11 is 0. The Balaban J connectivity index is 1.33. The van der Waals surface area contributed by atoms with Gasteiger partial charge in [-0.25, -0.2) is 4.79 Å². The molecule has 1 aliphatic heterocycles. The molecular weight excluding hydrogens is 516 g/mol. The first-order chi connectivity index (χ1) is 19.3. The van der Waals surface area contributed by atoms with E-state index in [1.54, 1.807) is 47.4 Å². The number of amides is 1. The summed E-state index contributed by atoms with van der Waals surface area (Å²) in [4.78, 5) is 37.4. The molecule has 0 saturated heterocycles. The molecule has 0 aromatic heterocycles. The van der Waals surface area contributed by atoms with Gasteiger partial charge in [0.2, 0.25) is 6.10 Å². The lowest BCUT2D eigenvalue weighted by Gasteiger charge is -2.35. The summed E-state index contributed by atoms with van der Waals surface area (Å²) in [5, 5.41) is 21.3. The van der Waals surface area contributed by atoms with Crippen LogP contribution in [0.1, 0.15) is 35.2 Å². The van der Waals surface area contributed by atoms with Crippen LogP contribution in [-0.4, -0.2) is 60.5 Å². The molecule has 0 saturated carbocycles. The van der Waals surface area contributed by atoms with Crippen LogP contribution in [0.2, 0.25) is 0 Å². The molecule has 3 N–H and O–H groups in total. The van der Waals surface area contributed by atoms with E-state index in [1.165, 1.54) is 5.56 Å². The molecule has 10 nitrogen and oxygen atoms in total. The molecular formula is C30H32N2O8. The third-order valence-electron chi connectivity index (χ3n) is 6.29. The molecule has 0 bridgehead atoms. The van der Waals surface area contributed by atoms with E-state index >= 15 is 0 Å². The Morgan fingerprint density at radius 2 is 1.57 bits per heavy atom. The zero-order chi connectivity index (χ0) is 28.5. The van der Waals surface area contributed by atoms with E-state index in [2.05, 4.69) is 5.32 Å². The van der Waals surface area contributed by atoms with Crippen LogP contribution in [-0.2, 0) is 9.59 Å². The number of hydrogen-bond donors (Lipinski definition) is 3. The van der Waals surface area contributed by atoms with Gasteiger partial charge in [-0.3, -0.25) is 9.59 Å². The lowest BCUT2D eigenvalue weighted by molar-refractivity contribution is -0.145. The van der Waals surface area contributed by atoms with Gasteiger partial charge in [-0.2, -0.15) is 0 Å². The molecule has 0 fully saturated rings. The van der Waals surface area contributed by atoms with Gasteiger partial charge in [0.1, 0.15) is 11.5 Å². The molecule has 40 heavy (non-hydrogen) atoms. The highest BCUT2D eigenvalue weighted by atomic mass is 16.5. The van der Waals surface area contributed by atoms with Gasteiger partial charge < -0.3 is 34.6 Å². The van der Waals surface area contributed by atoms with E-state index in [4.69, 9.17) is 19.3 Å². The van der Waals surface area contributed by atoms with Crippen molar-refractivity contribution < 1.29 is 38.8 Å². The number of aryl methyl sites for hydroxylation is 1. The van der Waals surface area contributed by atoms with E-state index in [0.717, 1.165) is 5.75 Å². The number of nitrogens with zero attached hydrogens (tertiary/aromatic N) is 1. The van der Waals surface area contributed by atoms with Crippen molar-refractivity contribution in [2.45, 2.75) is 32.3 Å². The van der Waals surface area contributed by atoms with Gasteiger partial charge in [0.15, 0.2) is 5.75 Å². The first-order valence-electron chi connectivity index (χ1n) is 13.0. The van der Waals surface area contributed by atoms with Crippen LogP contribution in [0, 0.1) is 6.92 Å². The van der Waals surface area contributed by atoms with Crippen molar-refractivity contribution in [3.8, 4) is 17.2 Å². The van der Waals surface area contributed by atoms with Crippen LogP contribution < -0.4 is 24.4 Å². The smallest absolute Gasteiger partial charge is 0.346 e. The molecule has 1 amide bonds. The number of fused-ring (bicyclic) bond motifs is 1. The van der Waals surface area contributed by atoms with Crippen LogP contribution in [0.3, 0.4) is 0 Å². The molecule has 0 radical (unpaired) electrons. The second-order valence-electron chi connectivity index (χ2n) is 9.38. The van der Waals surface area contributed by atoms with Crippen LogP contribution in [0.4, 0.5) is 11.4 Å². The number of para-hydroxylation sites is 1. The number of carbonyl (C=O) groups excluding carboxylic acids is 1. The minimum atomic E-state index is -1.16. The molecule has 3 aromatic rings. The number of nitrogens with one attached hydrogen (secondary N) is 1. The average Bonchev–Trinajstić information content (AvgIpc) is 2.94. The van der Waals surface area contributed by atoms with Crippen LogP contribution in [0.5, 0.6) is 17.2 Å². The Hall–Kier alpha value is -4.73. The summed E-state index contributed by atoms with van der Waals surface area (Å²) < 4.78 is 17.2. The number of carboxylic acids is 2. The summed E-state index contributed by atoms with van der Waals surface area (Å²) in [5.41, 5.74) is 2.48. The number of hydrogen-bond acceptors (Lipinski definition) is 7. The van der Waals surface area contributed by atoms with Crippen molar-refractivity contribution in [2.75, 3.05) is 36.5 Å². The summed E-state index contributed by atoms with van der Waals surface area (Å²) in [6.07, 6.45) is -0.165. The van der Waals surface area contributed by atoms with Gasteiger partial charge in [0.25, 0.3) is 5.91 Å². The second-order valence-corrected chi connectivity index (χ2v) is 9.38. The maximum absolute atomic E-state index is 13.0. The van der Waals surface area contributed by atoms with Crippen LogP contribution in [0.15, 0.2) is 66.7 Å². The molecule has 10 heteroatoms. The second kappa shape index (κ2) is 13.4. The lowest BCUT2D eigenvalue weighted by Crippen LogP contribution is -2.45. The normalized spacial score (nSPS) is 14.0. The third-order valence-corrected chi connectivity index (χ3v) is 6.29. The average molecular weight is 549 g/mol. The molecule has 1 unspecified atom stereocenters. The fourth-order valence-corrected chi connectivity index (χ4v) is 4.21. The first kappa shape index (κ1) is 28.3. The van der Waals surface area contributed by atoms with Gasteiger partial charge in [-0.1, -0.05) is 23.8 Å². The standard InChI is InChI=1S/C30H32N2O8/c1-20-8-12-22(13-9-20)38-17-4-18-39-23-14-10-21(11-15-23)29(35)31-24-5-2-6-25-28(24)40-26(30(36)37)19-32(25)16-3-7-27(33)34/h2,5-6,8-15,26H,3-4,7,16-19H2,1H3,(H,31,35)(H,33,34)(H,36,37). The predicted octanol–water partition coefficient (Wildman–Crippen LogP) is 4.61. The molecule has 0 aliphatic carbocycles. The number of rotatable bonds is 13. The van der Waals surface area contributed by atoms with Gasteiger partial charge in [-0.15, -0.1) is 0 Å². The maximum Gasteiger partial charge on any atom is 0.346 e. The number of aliphatic carboxylic acids is 2. The minimum absolute atomic E-state index is 0.0399. The van der Waals surface area contributed by atoms with E-state index in [1.807, 2.05) is 31.2 Å². The van der Waals surface area contributed by atoms with Gasteiger partial charge in [0, 0.05) is 24.9 Å². The van der Waals surface area contributed by atoms with E-state index in [-0.39, 0.29) is 18.7 Å². The van der Waals surface area contributed by atoms with Crippen LogP contribution >= 0.6 is 0 Å². The van der Waals surface area contributed by atoms with Gasteiger partial charge in [0.05, 0.1) is 31.1 Å². The predicted molar refractivity (Wildman–Crippen MR) is 149 cm³/mol. The van der Waals surface area contributed by atoms with Crippen molar-refractivity contribution >= 4 is 29.2 Å². The topological polar surface area (TPSA) is 135 Å². The number of benzene rings is 3. The largest absolute Gasteiger partial charge is 0.493 e. The van der Waals surface area contributed by atoms with Crippen molar-refractivity contribution in [2.24, 2.45) is 0 Å². The highest BCUT2D eigenvalue weighted by molar-refractivity contribution is 6.05. The monoisotopic (exact) mass is 548 g/mol. The summed E-state index contributed by atoms with van der Waals surface area (Å²) in [7, 11) is 0. The Morgan fingerprint density at radius 3 is 2.20 bits per heavy atom. The molecule has 0 spiro atoms. The molecule has 3 aromatic carbocycles. The molecule has 4 rings (SSSR count). The minimum Gasteiger partial charge on any atom is -0.493 e. The molecule has 1 heterocycles. The maximum atomic E-state index is 13.0. The Kier molecular flexibility index (Phi) is 9.45. The summed E-state index contributed by atoms with van der Waals surface area (Å²) in [6, 6.07) is 19.7. The van der Waals surface area contributed by atoms with Crippen molar-refractivity contribution in [1.82, 2.24) is 0 Å². The first-order valence-corrected chi connectivity index (χ1v) is 13.0. The summed E-state index contributed by atoms with van der Waals surface area (Å²) in [6.45, 7) is 3.40. The van der Waals surface area contributed by atoms with E-state index in [9.17, 15) is 19.5 Å². The quantitative estimate of drug-likeness (QED) is 0.262. The fourth-order valence-electron chi connectivity index (χ4n) is 4.21. The van der Waals surface area contributed by atoms with Crippen molar-refractivity contribution in [3.05, 3.63) is 77.9 Å². The number of carboxylic acid groups (broad SMARTS) is 2. The van der Waals surface area contributed by atoms with Crippen LogP contribution in [0.25, 0.3) is 0 Å².